The lowest BCUT2D eigenvalue weighted by Crippen LogP contribution is -2.41. The van der Waals surface area contributed by atoms with Gasteiger partial charge in [0.05, 0.1) is 11.5 Å². The highest BCUT2D eigenvalue weighted by atomic mass is 32.2. The van der Waals surface area contributed by atoms with Crippen molar-refractivity contribution in [2.45, 2.75) is 59.9 Å². The molecule has 3 nitrogen and oxygen atoms in total. The summed E-state index contributed by atoms with van der Waals surface area (Å²) in [7, 11) is -2.92. The Morgan fingerprint density at radius 2 is 1.72 bits per heavy atom. The third-order valence-electron chi connectivity index (χ3n) is 3.43. The van der Waals surface area contributed by atoms with E-state index in [0.717, 1.165) is 25.8 Å². The van der Waals surface area contributed by atoms with Crippen molar-refractivity contribution in [2.24, 2.45) is 11.8 Å². The van der Waals surface area contributed by atoms with Crippen molar-refractivity contribution in [2.75, 3.05) is 18.1 Å². The zero-order chi connectivity index (χ0) is 14.2. The van der Waals surface area contributed by atoms with Crippen LogP contribution in [0.5, 0.6) is 0 Å². The SMILES string of the molecule is CCCNC(CS(=O)(=O)CCC(C)C)C(C)CC. The molecule has 0 aliphatic rings. The fraction of sp³-hybridized carbons (Fsp3) is 1.00. The molecule has 0 saturated heterocycles. The molecule has 0 aromatic carbocycles. The maximum absolute atomic E-state index is 12.1. The maximum atomic E-state index is 12.1. The fourth-order valence-electron chi connectivity index (χ4n) is 1.81. The van der Waals surface area contributed by atoms with Crippen LogP contribution in [0.1, 0.15) is 53.9 Å². The summed E-state index contributed by atoms with van der Waals surface area (Å²) in [6.07, 6.45) is 2.82. The van der Waals surface area contributed by atoms with Gasteiger partial charge in [-0.25, -0.2) is 8.42 Å². The first-order chi connectivity index (χ1) is 8.32. The molecule has 0 radical (unpaired) electrons. The van der Waals surface area contributed by atoms with E-state index in [1.807, 2.05) is 0 Å². The minimum atomic E-state index is -2.92. The van der Waals surface area contributed by atoms with E-state index >= 15 is 0 Å². The van der Waals surface area contributed by atoms with Crippen LogP contribution in [0.25, 0.3) is 0 Å². The zero-order valence-electron chi connectivity index (χ0n) is 12.7. The molecule has 0 bridgehead atoms. The lowest BCUT2D eigenvalue weighted by molar-refractivity contribution is 0.391. The summed E-state index contributed by atoms with van der Waals surface area (Å²) in [5.74, 6) is 1.47. The van der Waals surface area contributed by atoms with Gasteiger partial charge in [0.25, 0.3) is 0 Å². The molecule has 0 fully saturated rings. The average molecular weight is 277 g/mol. The summed E-state index contributed by atoms with van der Waals surface area (Å²) in [6, 6.07) is 0.104. The van der Waals surface area contributed by atoms with Gasteiger partial charge in [-0.1, -0.05) is 41.0 Å². The molecule has 4 heteroatoms. The Bertz CT molecular complexity index is 299. The lowest BCUT2D eigenvalue weighted by Gasteiger charge is -2.24. The van der Waals surface area contributed by atoms with Gasteiger partial charge in [0, 0.05) is 6.04 Å². The molecule has 0 aromatic heterocycles. The Labute approximate surface area is 114 Å². The first-order valence-corrected chi connectivity index (χ1v) is 9.08. The standard InChI is InChI=1S/C14H31NO2S/c1-6-9-15-14(13(5)7-2)11-18(16,17)10-8-12(3)4/h12-15H,6-11H2,1-5H3. The number of hydrogen-bond donors (Lipinski definition) is 1. The predicted molar refractivity (Wildman–Crippen MR) is 79.6 cm³/mol. The van der Waals surface area contributed by atoms with Crippen LogP contribution in [0.3, 0.4) is 0 Å². The number of hydrogen-bond acceptors (Lipinski definition) is 3. The Hall–Kier alpha value is -0.0900. The first kappa shape index (κ1) is 17.9. The Morgan fingerprint density at radius 3 is 2.17 bits per heavy atom. The van der Waals surface area contributed by atoms with Gasteiger partial charge in [0.1, 0.15) is 0 Å². The molecular weight excluding hydrogens is 246 g/mol. The van der Waals surface area contributed by atoms with Crippen LogP contribution in [0.15, 0.2) is 0 Å². The predicted octanol–water partition coefficient (Wildman–Crippen LogP) is 2.86. The molecule has 0 heterocycles. The third kappa shape index (κ3) is 8.09. The first-order valence-electron chi connectivity index (χ1n) is 7.26. The topological polar surface area (TPSA) is 46.2 Å². The van der Waals surface area contributed by atoms with Crippen LogP contribution in [-0.4, -0.2) is 32.5 Å². The van der Waals surface area contributed by atoms with Crippen molar-refractivity contribution in [3.8, 4) is 0 Å². The lowest BCUT2D eigenvalue weighted by atomic mass is 10.0. The molecule has 110 valence electrons. The van der Waals surface area contributed by atoms with Crippen LogP contribution in [0, 0.1) is 11.8 Å². The average Bonchev–Trinajstić information content (AvgIpc) is 2.31. The zero-order valence-corrected chi connectivity index (χ0v) is 13.5. The number of rotatable bonds is 10. The summed E-state index contributed by atoms with van der Waals surface area (Å²) >= 11 is 0. The van der Waals surface area contributed by atoms with E-state index in [1.165, 1.54) is 0 Å². The smallest absolute Gasteiger partial charge is 0.151 e. The molecular formula is C14H31NO2S. The highest BCUT2D eigenvalue weighted by molar-refractivity contribution is 7.91. The van der Waals surface area contributed by atoms with Gasteiger partial charge in [0.15, 0.2) is 9.84 Å². The molecule has 2 atom stereocenters. The van der Waals surface area contributed by atoms with Crippen molar-refractivity contribution in [3.63, 3.8) is 0 Å². The second-order valence-electron chi connectivity index (χ2n) is 5.74. The summed E-state index contributed by atoms with van der Waals surface area (Å²) in [5, 5.41) is 3.38. The molecule has 0 aromatic rings. The van der Waals surface area contributed by atoms with E-state index in [-0.39, 0.29) is 11.8 Å². The summed E-state index contributed by atoms with van der Waals surface area (Å²) < 4.78 is 24.2. The van der Waals surface area contributed by atoms with Crippen molar-refractivity contribution in [1.82, 2.24) is 5.32 Å². The van der Waals surface area contributed by atoms with Gasteiger partial charge in [0.2, 0.25) is 0 Å². The summed E-state index contributed by atoms with van der Waals surface area (Å²) in [5.41, 5.74) is 0. The van der Waals surface area contributed by atoms with E-state index in [1.54, 1.807) is 0 Å². The number of sulfone groups is 1. The molecule has 0 saturated carbocycles. The van der Waals surface area contributed by atoms with Crippen molar-refractivity contribution in [3.05, 3.63) is 0 Å². The molecule has 0 spiro atoms. The molecule has 2 unspecified atom stereocenters. The Morgan fingerprint density at radius 1 is 1.11 bits per heavy atom. The number of nitrogens with one attached hydrogen (secondary N) is 1. The second kappa shape index (κ2) is 8.92. The van der Waals surface area contributed by atoms with Gasteiger partial charge in [-0.3, -0.25) is 0 Å². The van der Waals surface area contributed by atoms with E-state index < -0.39 is 9.84 Å². The molecule has 18 heavy (non-hydrogen) atoms. The van der Waals surface area contributed by atoms with Gasteiger partial charge < -0.3 is 5.32 Å². The largest absolute Gasteiger partial charge is 0.313 e. The van der Waals surface area contributed by atoms with Crippen LogP contribution in [-0.2, 0) is 9.84 Å². The second-order valence-corrected chi connectivity index (χ2v) is 7.97. The monoisotopic (exact) mass is 277 g/mol. The van der Waals surface area contributed by atoms with Gasteiger partial charge in [-0.15, -0.1) is 0 Å². The van der Waals surface area contributed by atoms with Crippen molar-refractivity contribution in [1.29, 1.82) is 0 Å². The molecule has 0 aliphatic heterocycles. The van der Waals surface area contributed by atoms with E-state index in [2.05, 4.69) is 39.9 Å². The minimum absolute atomic E-state index is 0.104. The van der Waals surface area contributed by atoms with E-state index in [4.69, 9.17) is 0 Å². The quantitative estimate of drug-likeness (QED) is 0.668. The van der Waals surface area contributed by atoms with Crippen LogP contribution in [0.4, 0.5) is 0 Å². The van der Waals surface area contributed by atoms with E-state index in [9.17, 15) is 8.42 Å². The normalized spacial score (nSPS) is 15.9. The Kier molecular flexibility index (Phi) is 8.87. The van der Waals surface area contributed by atoms with Crippen molar-refractivity contribution < 1.29 is 8.42 Å². The van der Waals surface area contributed by atoms with E-state index in [0.29, 0.717) is 17.6 Å². The maximum Gasteiger partial charge on any atom is 0.151 e. The highest BCUT2D eigenvalue weighted by Gasteiger charge is 2.22. The third-order valence-corrected chi connectivity index (χ3v) is 5.15. The van der Waals surface area contributed by atoms with Gasteiger partial charge in [-0.2, -0.15) is 0 Å². The highest BCUT2D eigenvalue weighted by Crippen LogP contribution is 2.12. The molecule has 0 rings (SSSR count). The van der Waals surface area contributed by atoms with Crippen LogP contribution >= 0.6 is 0 Å². The molecule has 1 N–H and O–H groups in total. The fourth-order valence-corrected chi connectivity index (χ4v) is 3.80. The molecule has 0 amide bonds. The Balaban J connectivity index is 4.44. The summed E-state index contributed by atoms with van der Waals surface area (Å²) in [6.45, 7) is 11.4. The van der Waals surface area contributed by atoms with Crippen LogP contribution in [0.2, 0.25) is 0 Å². The molecule has 0 aliphatic carbocycles. The van der Waals surface area contributed by atoms with Crippen LogP contribution < -0.4 is 5.32 Å². The van der Waals surface area contributed by atoms with Crippen molar-refractivity contribution >= 4 is 9.84 Å². The van der Waals surface area contributed by atoms with Gasteiger partial charge >= 0.3 is 0 Å². The van der Waals surface area contributed by atoms with Gasteiger partial charge in [-0.05, 0) is 31.2 Å². The summed E-state index contributed by atoms with van der Waals surface area (Å²) in [4.78, 5) is 0. The minimum Gasteiger partial charge on any atom is -0.313 e.